The Balaban J connectivity index is 1.84. The Morgan fingerprint density at radius 2 is 1.44 bits per heavy atom. The molecule has 0 aliphatic carbocycles. The molecule has 0 N–H and O–H groups in total. The Labute approximate surface area is 147 Å². The number of hydrogen-bond acceptors (Lipinski definition) is 3. The standard InChI is InChI=1S/C21H21O3P/c1-3-23-25(22,4-2)24-14-18-11-10-17-9-8-15-6-5-7-16-12-13-19(18)21(17)20(15)16/h5-13H,3-4,14H2,1-2H3. The van der Waals surface area contributed by atoms with Crippen LogP contribution < -0.4 is 0 Å². The Hall–Kier alpha value is -1.93. The molecule has 3 nitrogen and oxygen atoms in total. The van der Waals surface area contributed by atoms with Gasteiger partial charge >= 0.3 is 7.60 Å². The summed E-state index contributed by atoms with van der Waals surface area (Å²) in [5, 5.41) is 7.37. The van der Waals surface area contributed by atoms with E-state index in [1.54, 1.807) is 0 Å². The summed E-state index contributed by atoms with van der Waals surface area (Å²) in [7, 11) is -3.01. The predicted molar refractivity (Wildman–Crippen MR) is 105 cm³/mol. The molecule has 0 radical (unpaired) electrons. The smallest absolute Gasteiger partial charge is 0.309 e. The maximum atomic E-state index is 12.6. The molecule has 1 atom stereocenters. The zero-order valence-corrected chi connectivity index (χ0v) is 15.4. The molecule has 4 aromatic rings. The molecule has 4 rings (SSSR count). The van der Waals surface area contributed by atoms with Gasteiger partial charge in [0.05, 0.1) is 13.2 Å². The summed E-state index contributed by atoms with van der Waals surface area (Å²) in [6.45, 7) is 4.35. The predicted octanol–water partition coefficient (Wildman–Crippen LogP) is 6.35. The first-order valence-corrected chi connectivity index (χ1v) is 10.4. The van der Waals surface area contributed by atoms with Crippen molar-refractivity contribution in [1.29, 1.82) is 0 Å². The van der Waals surface area contributed by atoms with Crippen molar-refractivity contribution < 1.29 is 13.6 Å². The summed E-state index contributed by atoms with van der Waals surface area (Å²) in [6, 6.07) is 19.2. The van der Waals surface area contributed by atoms with Crippen LogP contribution in [0.4, 0.5) is 0 Å². The van der Waals surface area contributed by atoms with Gasteiger partial charge in [-0.05, 0) is 44.8 Å². The minimum absolute atomic E-state index is 0.291. The molecule has 0 spiro atoms. The molecular formula is C21H21O3P. The molecule has 1 unspecified atom stereocenters. The number of hydrogen-bond donors (Lipinski definition) is 0. The highest BCUT2D eigenvalue weighted by molar-refractivity contribution is 7.53. The minimum atomic E-state index is -3.01. The Morgan fingerprint density at radius 1 is 0.800 bits per heavy atom. The molecule has 128 valence electrons. The number of benzene rings is 4. The first-order valence-electron chi connectivity index (χ1n) is 8.69. The zero-order chi connectivity index (χ0) is 17.4. The summed E-state index contributed by atoms with van der Waals surface area (Å²) in [5.41, 5.74) is 1.04. The van der Waals surface area contributed by atoms with E-state index in [0.717, 1.165) is 10.9 Å². The fourth-order valence-corrected chi connectivity index (χ4v) is 4.67. The monoisotopic (exact) mass is 352 g/mol. The van der Waals surface area contributed by atoms with Crippen LogP contribution in [0.25, 0.3) is 32.3 Å². The van der Waals surface area contributed by atoms with Gasteiger partial charge in [0, 0.05) is 6.16 Å². The first kappa shape index (κ1) is 16.5. The van der Waals surface area contributed by atoms with Gasteiger partial charge in [0.25, 0.3) is 0 Å². The van der Waals surface area contributed by atoms with Gasteiger partial charge in [-0.15, -0.1) is 0 Å². The van der Waals surface area contributed by atoms with Crippen molar-refractivity contribution in [2.75, 3.05) is 12.8 Å². The molecular weight excluding hydrogens is 331 g/mol. The van der Waals surface area contributed by atoms with E-state index in [4.69, 9.17) is 9.05 Å². The van der Waals surface area contributed by atoms with Crippen molar-refractivity contribution in [2.24, 2.45) is 0 Å². The lowest BCUT2D eigenvalue weighted by molar-refractivity contribution is 0.206. The highest BCUT2D eigenvalue weighted by atomic mass is 31.2. The molecule has 0 saturated carbocycles. The molecule has 0 fully saturated rings. The fraction of sp³-hybridized carbons (Fsp3) is 0.238. The molecule has 0 amide bonds. The maximum absolute atomic E-state index is 12.6. The van der Waals surface area contributed by atoms with Gasteiger partial charge in [-0.1, -0.05) is 61.5 Å². The lowest BCUT2D eigenvalue weighted by atomic mass is 9.92. The molecule has 4 aromatic carbocycles. The zero-order valence-electron chi connectivity index (χ0n) is 14.5. The van der Waals surface area contributed by atoms with Crippen molar-refractivity contribution in [3.05, 3.63) is 60.2 Å². The molecule has 0 saturated heterocycles. The minimum Gasteiger partial charge on any atom is -0.309 e. The van der Waals surface area contributed by atoms with Crippen LogP contribution in [0.2, 0.25) is 0 Å². The van der Waals surface area contributed by atoms with Crippen LogP contribution in [0.1, 0.15) is 19.4 Å². The van der Waals surface area contributed by atoms with Gasteiger partial charge in [0.2, 0.25) is 0 Å². The van der Waals surface area contributed by atoms with Gasteiger partial charge in [-0.3, -0.25) is 4.57 Å². The Morgan fingerprint density at radius 3 is 2.12 bits per heavy atom. The van der Waals surface area contributed by atoms with Crippen LogP contribution in [0.3, 0.4) is 0 Å². The Kier molecular flexibility index (Phi) is 4.24. The van der Waals surface area contributed by atoms with E-state index in [1.807, 2.05) is 13.8 Å². The van der Waals surface area contributed by atoms with Gasteiger partial charge in [-0.2, -0.15) is 0 Å². The van der Waals surface area contributed by atoms with Crippen LogP contribution in [0.15, 0.2) is 54.6 Å². The van der Waals surface area contributed by atoms with E-state index in [2.05, 4.69) is 54.6 Å². The highest BCUT2D eigenvalue weighted by Crippen LogP contribution is 2.48. The van der Waals surface area contributed by atoms with E-state index in [9.17, 15) is 4.57 Å². The average molecular weight is 352 g/mol. The van der Waals surface area contributed by atoms with Crippen LogP contribution >= 0.6 is 7.60 Å². The van der Waals surface area contributed by atoms with E-state index in [-0.39, 0.29) is 0 Å². The van der Waals surface area contributed by atoms with Crippen LogP contribution in [0, 0.1) is 0 Å². The van der Waals surface area contributed by atoms with Crippen molar-refractivity contribution >= 4 is 39.9 Å². The van der Waals surface area contributed by atoms with Crippen molar-refractivity contribution in [3.8, 4) is 0 Å². The molecule has 4 heteroatoms. The van der Waals surface area contributed by atoms with Gasteiger partial charge < -0.3 is 9.05 Å². The second-order valence-electron chi connectivity index (χ2n) is 6.20. The molecule has 0 aromatic heterocycles. The SMILES string of the molecule is CCOP(=O)(CC)OCc1ccc2ccc3cccc4ccc1c2c34. The van der Waals surface area contributed by atoms with Crippen LogP contribution in [-0.2, 0) is 20.2 Å². The van der Waals surface area contributed by atoms with E-state index < -0.39 is 7.60 Å². The lowest BCUT2D eigenvalue weighted by Crippen LogP contribution is -1.99. The molecule has 0 aliphatic rings. The third-order valence-corrected chi connectivity index (χ3v) is 6.70. The summed E-state index contributed by atoms with van der Waals surface area (Å²) < 4.78 is 23.7. The van der Waals surface area contributed by atoms with Gasteiger partial charge in [0.15, 0.2) is 0 Å². The van der Waals surface area contributed by atoms with E-state index in [0.29, 0.717) is 19.4 Å². The molecule has 25 heavy (non-hydrogen) atoms. The van der Waals surface area contributed by atoms with Crippen molar-refractivity contribution in [2.45, 2.75) is 20.5 Å². The van der Waals surface area contributed by atoms with Crippen molar-refractivity contribution in [3.63, 3.8) is 0 Å². The summed E-state index contributed by atoms with van der Waals surface area (Å²) in [5.74, 6) is 0. The summed E-state index contributed by atoms with van der Waals surface area (Å²) in [6.07, 6.45) is 0.382. The van der Waals surface area contributed by atoms with Gasteiger partial charge in [-0.25, -0.2) is 0 Å². The molecule has 0 bridgehead atoms. The number of rotatable bonds is 6. The van der Waals surface area contributed by atoms with Crippen LogP contribution in [0.5, 0.6) is 0 Å². The third kappa shape index (κ3) is 2.83. The lowest BCUT2D eigenvalue weighted by Gasteiger charge is -2.18. The second kappa shape index (κ2) is 6.42. The maximum Gasteiger partial charge on any atom is 0.330 e. The van der Waals surface area contributed by atoms with Gasteiger partial charge in [0.1, 0.15) is 0 Å². The summed E-state index contributed by atoms with van der Waals surface area (Å²) >= 11 is 0. The Bertz CT molecular complexity index is 1070. The molecule has 0 heterocycles. The fourth-order valence-electron chi connectivity index (χ4n) is 3.51. The third-order valence-electron chi connectivity index (χ3n) is 4.75. The first-order chi connectivity index (χ1) is 12.1. The highest BCUT2D eigenvalue weighted by Gasteiger charge is 2.21. The largest absolute Gasteiger partial charge is 0.330 e. The van der Waals surface area contributed by atoms with E-state index >= 15 is 0 Å². The second-order valence-corrected chi connectivity index (χ2v) is 8.57. The average Bonchev–Trinajstić information content (AvgIpc) is 2.65. The van der Waals surface area contributed by atoms with Crippen LogP contribution in [-0.4, -0.2) is 12.8 Å². The topological polar surface area (TPSA) is 35.5 Å². The normalized spacial score (nSPS) is 14.5. The summed E-state index contributed by atoms with van der Waals surface area (Å²) in [4.78, 5) is 0. The molecule has 0 aliphatic heterocycles. The van der Waals surface area contributed by atoms with Crippen molar-refractivity contribution in [1.82, 2.24) is 0 Å². The van der Waals surface area contributed by atoms with E-state index in [1.165, 1.54) is 26.9 Å². The quantitative estimate of drug-likeness (QED) is 0.300.